The quantitative estimate of drug-likeness (QED) is 0.0761. The van der Waals surface area contributed by atoms with E-state index in [0.717, 1.165) is 95.0 Å². The summed E-state index contributed by atoms with van der Waals surface area (Å²) >= 11 is 0. The van der Waals surface area contributed by atoms with Gasteiger partial charge in [0, 0.05) is 40.8 Å². The summed E-state index contributed by atoms with van der Waals surface area (Å²) in [6.07, 6.45) is 29.7. The summed E-state index contributed by atoms with van der Waals surface area (Å²) in [5.41, 5.74) is 19.3. The number of hydrogen-bond acceptors (Lipinski definition) is 3. The van der Waals surface area contributed by atoms with Gasteiger partial charge in [0.05, 0.1) is 17.1 Å². The Hall–Kier alpha value is -8.01. The van der Waals surface area contributed by atoms with Crippen molar-refractivity contribution in [2.75, 3.05) is 0 Å². The molecule has 66 heavy (non-hydrogen) atoms. The predicted molar refractivity (Wildman–Crippen MR) is 285 cm³/mol. The first-order valence-corrected chi connectivity index (χ1v) is 22.6. The first-order valence-electron chi connectivity index (χ1n) is 22.6. The Morgan fingerprint density at radius 2 is 1.12 bits per heavy atom. The molecule has 0 bridgehead atoms. The summed E-state index contributed by atoms with van der Waals surface area (Å²) in [6.45, 7) is 12.7. The van der Waals surface area contributed by atoms with E-state index in [2.05, 4.69) is 217 Å². The van der Waals surface area contributed by atoms with Crippen LogP contribution in [-0.4, -0.2) is 15.7 Å². The fourth-order valence-electron chi connectivity index (χ4n) is 7.71. The first kappa shape index (κ1) is 46.0. The molecular formula is C63H57N3. The molecule has 0 saturated carbocycles. The van der Waals surface area contributed by atoms with E-state index in [1.807, 2.05) is 61.9 Å². The zero-order valence-corrected chi connectivity index (χ0v) is 38.9. The first-order chi connectivity index (χ1) is 32.3. The van der Waals surface area contributed by atoms with E-state index in [1.54, 1.807) is 0 Å². The van der Waals surface area contributed by atoms with E-state index in [4.69, 9.17) is 15.0 Å². The second-order valence-corrected chi connectivity index (χ2v) is 16.3. The number of aliphatic imine (C=N–C) groups is 1. The maximum atomic E-state index is 4.99. The maximum absolute atomic E-state index is 4.99. The molecule has 0 atom stereocenters. The van der Waals surface area contributed by atoms with E-state index in [0.29, 0.717) is 0 Å². The standard InChI is InChI=1S/C63H57N3/c1-7-9-13-32-55(43-57-44-65-62(40-47(57)5)53-28-16-11-17-29-53)49(8-2)42-56(58-33-22-23-34-59(58)60-45-66-63(41-48(60)6)54-30-18-12-19-31-54)36-35-50-24-20-21-25-51(50)37-38-64-61(39-46(3)4)52-26-14-10-15-27-52/h7-45H,1-6H3/b9-7-,32-13-,36-35+,38-37+,49-8+,55-43-,56-42+,64-61?. The van der Waals surface area contributed by atoms with Gasteiger partial charge in [0.15, 0.2) is 0 Å². The van der Waals surface area contributed by atoms with Crippen molar-refractivity contribution < 1.29 is 0 Å². The highest BCUT2D eigenvalue weighted by atomic mass is 14.7. The van der Waals surface area contributed by atoms with Crippen molar-refractivity contribution in [3.8, 4) is 33.6 Å². The molecule has 0 N–H and O–H groups in total. The third-order valence-corrected chi connectivity index (χ3v) is 11.2. The van der Waals surface area contributed by atoms with Gasteiger partial charge in [-0.25, -0.2) is 0 Å². The fraction of sp³-hybridized carbons (Fsp3) is 0.0952. The highest BCUT2D eigenvalue weighted by Crippen LogP contribution is 2.35. The molecule has 0 amide bonds. The third-order valence-electron chi connectivity index (χ3n) is 11.2. The minimum absolute atomic E-state index is 0.924. The van der Waals surface area contributed by atoms with Gasteiger partial charge in [-0.1, -0.05) is 188 Å². The fourth-order valence-corrected chi connectivity index (χ4v) is 7.71. The van der Waals surface area contributed by atoms with Crippen molar-refractivity contribution in [1.82, 2.24) is 9.97 Å². The summed E-state index contributed by atoms with van der Waals surface area (Å²) < 4.78 is 0. The Balaban J connectivity index is 1.35. The van der Waals surface area contributed by atoms with Crippen molar-refractivity contribution in [2.24, 2.45) is 4.99 Å². The van der Waals surface area contributed by atoms with Crippen LogP contribution in [0.5, 0.6) is 0 Å². The summed E-state index contributed by atoms with van der Waals surface area (Å²) in [7, 11) is 0. The van der Waals surface area contributed by atoms with E-state index >= 15 is 0 Å². The summed E-state index contributed by atoms with van der Waals surface area (Å²) in [5.74, 6) is 0. The van der Waals surface area contributed by atoms with Crippen LogP contribution in [0.2, 0.25) is 0 Å². The summed E-state index contributed by atoms with van der Waals surface area (Å²) in [5, 5.41) is 0. The van der Waals surface area contributed by atoms with E-state index in [1.165, 1.54) is 5.57 Å². The Kier molecular flexibility index (Phi) is 16.1. The highest BCUT2D eigenvalue weighted by molar-refractivity contribution is 6.09. The van der Waals surface area contributed by atoms with Gasteiger partial charge in [-0.15, -0.1) is 0 Å². The molecule has 2 heterocycles. The SMILES string of the molecule is C\C=C/C=C\C(=C\c1cnc(-c2ccccc2)cc1C)C(=C\C)\C=C(/C=C/c1ccccc1/C=C/N=C(C=C(C)C)c1ccccc1)c1ccccc1-c1cnc(-c2ccccc2)cc1C. The number of hydrogen-bond donors (Lipinski definition) is 0. The highest BCUT2D eigenvalue weighted by Gasteiger charge is 2.14. The van der Waals surface area contributed by atoms with Gasteiger partial charge in [0.2, 0.25) is 0 Å². The molecule has 0 unspecified atom stereocenters. The summed E-state index contributed by atoms with van der Waals surface area (Å²) in [4.78, 5) is 14.8. The minimum atomic E-state index is 0.924. The van der Waals surface area contributed by atoms with Gasteiger partial charge in [-0.3, -0.25) is 15.0 Å². The van der Waals surface area contributed by atoms with Crippen LogP contribution in [0.1, 0.15) is 66.6 Å². The maximum Gasteiger partial charge on any atom is 0.0705 e. The van der Waals surface area contributed by atoms with Crippen LogP contribution in [0.25, 0.3) is 57.4 Å². The van der Waals surface area contributed by atoms with Crippen LogP contribution < -0.4 is 0 Å². The van der Waals surface area contributed by atoms with Gasteiger partial charge >= 0.3 is 0 Å². The van der Waals surface area contributed by atoms with Gasteiger partial charge in [0.1, 0.15) is 0 Å². The Bertz CT molecular complexity index is 3040. The lowest BCUT2D eigenvalue weighted by Gasteiger charge is -2.16. The number of nitrogens with zero attached hydrogens (tertiary/aromatic N) is 3. The third kappa shape index (κ3) is 12.2. The number of allylic oxidation sites excluding steroid dienone is 12. The molecule has 3 heteroatoms. The number of benzene rings is 5. The van der Waals surface area contributed by atoms with Crippen LogP contribution in [0.15, 0.2) is 241 Å². The average Bonchev–Trinajstić information content (AvgIpc) is 3.35. The number of rotatable bonds is 15. The van der Waals surface area contributed by atoms with Gasteiger partial charge in [0.25, 0.3) is 0 Å². The monoisotopic (exact) mass is 855 g/mol. The van der Waals surface area contributed by atoms with Gasteiger partial charge < -0.3 is 0 Å². The smallest absolute Gasteiger partial charge is 0.0705 e. The lowest BCUT2D eigenvalue weighted by Crippen LogP contribution is -1.96. The zero-order valence-electron chi connectivity index (χ0n) is 38.9. The van der Waals surface area contributed by atoms with Gasteiger partial charge in [-0.05, 0) is 134 Å². The van der Waals surface area contributed by atoms with E-state index < -0.39 is 0 Å². The molecule has 7 rings (SSSR count). The van der Waals surface area contributed by atoms with Crippen molar-refractivity contribution in [2.45, 2.75) is 41.5 Å². The lowest BCUT2D eigenvalue weighted by atomic mass is 9.89. The van der Waals surface area contributed by atoms with Crippen LogP contribution in [-0.2, 0) is 0 Å². The van der Waals surface area contributed by atoms with Crippen molar-refractivity contribution in [3.05, 3.63) is 275 Å². The van der Waals surface area contributed by atoms with E-state index in [-0.39, 0.29) is 0 Å². The molecule has 0 fully saturated rings. The Morgan fingerprint density at radius 3 is 1.74 bits per heavy atom. The largest absolute Gasteiger partial charge is 0.256 e. The molecule has 2 aromatic heterocycles. The Labute approximate surface area is 392 Å². The molecule has 0 aliphatic heterocycles. The molecule has 0 radical (unpaired) electrons. The lowest BCUT2D eigenvalue weighted by molar-refractivity contribution is 1.27. The Morgan fingerprint density at radius 1 is 0.530 bits per heavy atom. The molecule has 0 aliphatic carbocycles. The average molecular weight is 856 g/mol. The second kappa shape index (κ2) is 23.1. The van der Waals surface area contributed by atoms with Crippen LogP contribution in [0, 0.1) is 13.8 Å². The second-order valence-electron chi connectivity index (χ2n) is 16.3. The number of pyridine rings is 2. The molecular weight excluding hydrogens is 799 g/mol. The van der Waals surface area contributed by atoms with E-state index in [9.17, 15) is 0 Å². The molecule has 324 valence electrons. The molecule has 5 aromatic carbocycles. The van der Waals surface area contributed by atoms with Crippen LogP contribution in [0.4, 0.5) is 0 Å². The van der Waals surface area contributed by atoms with Crippen LogP contribution in [0.3, 0.4) is 0 Å². The number of aromatic nitrogens is 2. The molecule has 7 aromatic rings. The molecule has 0 spiro atoms. The van der Waals surface area contributed by atoms with Crippen molar-refractivity contribution in [1.29, 1.82) is 0 Å². The summed E-state index contributed by atoms with van der Waals surface area (Å²) in [6, 6.07) is 52.5. The zero-order chi connectivity index (χ0) is 46.1. The number of aryl methyl sites for hydroxylation is 2. The van der Waals surface area contributed by atoms with Crippen LogP contribution >= 0.6 is 0 Å². The molecule has 0 saturated heterocycles. The molecule has 3 nitrogen and oxygen atoms in total. The predicted octanol–water partition coefficient (Wildman–Crippen LogP) is 16.8. The van der Waals surface area contributed by atoms with Crippen molar-refractivity contribution >= 4 is 29.5 Å². The normalized spacial score (nSPS) is 12.8. The minimum Gasteiger partial charge on any atom is -0.256 e. The molecule has 0 aliphatic rings. The van der Waals surface area contributed by atoms with Crippen molar-refractivity contribution in [3.63, 3.8) is 0 Å². The van der Waals surface area contributed by atoms with Gasteiger partial charge in [-0.2, -0.15) is 0 Å². The topological polar surface area (TPSA) is 38.1 Å².